The van der Waals surface area contributed by atoms with E-state index in [4.69, 9.17) is 0 Å². The highest BCUT2D eigenvalue weighted by Gasteiger charge is 2.21. The van der Waals surface area contributed by atoms with E-state index in [1.165, 1.54) is 17.8 Å². The molecule has 0 amide bonds. The van der Waals surface area contributed by atoms with Gasteiger partial charge in [0.25, 0.3) is 0 Å². The molecule has 0 bridgehead atoms. The Bertz CT molecular complexity index is 848. The molecule has 20 heavy (non-hydrogen) atoms. The fraction of sp³-hybridized carbons (Fsp3) is 0.0714. The van der Waals surface area contributed by atoms with Crippen LogP contribution in [0.25, 0.3) is 21.8 Å². The minimum absolute atomic E-state index is 0.368. The molecule has 0 spiro atoms. The predicted octanol–water partition coefficient (Wildman–Crippen LogP) is 4.67. The third-order valence-corrected chi connectivity index (χ3v) is 3.77. The number of rotatable bonds is 1. The molecule has 0 aliphatic heterocycles. The number of thioether (sulfide) groups is 1. The summed E-state index contributed by atoms with van der Waals surface area (Å²) in [6, 6.07) is 6.39. The summed E-state index contributed by atoms with van der Waals surface area (Å²) in [5, 5.41) is 0.167. The van der Waals surface area contributed by atoms with Crippen LogP contribution in [0.1, 0.15) is 0 Å². The molecule has 102 valence electrons. The molecular weight excluding hydrogens is 290 g/mol. The van der Waals surface area contributed by atoms with Crippen molar-refractivity contribution in [2.45, 2.75) is 4.90 Å². The quantitative estimate of drug-likeness (QED) is 0.213. The maximum Gasteiger partial charge on any atom is 0.199 e. The predicted molar refractivity (Wildman–Crippen MR) is 70.9 cm³/mol. The number of pyridine rings is 1. The highest BCUT2D eigenvalue weighted by atomic mass is 32.2. The highest BCUT2D eigenvalue weighted by molar-refractivity contribution is 7.98. The number of fused-ring (bicyclic) bond motifs is 2. The average molecular weight is 297 g/mol. The average Bonchev–Trinajstić information content (AvgIpc) is 2.48. The second-order valence-corrected chi connectivity index (χ2v) is 5.08. The van der Waals surface area contributed by atoms with Crippen molar-refractivity contribution in [2.75, 3.05) is 6.26 Å². The summed E-state index contributed by atoms with van der Waals surface area (Å²) in [5.74, 6) is -6.57. The first kappa shape index (κ1) is 13.2. The van der Waals surface area contributed by atoms with Crippen LogP contribution in [-0.4, -0.2) is 11.2 Å². The lowest BCUT2D eigenvalue weighted by Gasteiger charge is -2.07. The van der Waals surface area contributed by atoms with E-state index in [-0.39, 0.29) is 5.39 Å². The van der Waals surface area contributed by atoms with Crippen molar-refractivity contribution in [2.24, 2.45) is 0 Å². The molecule has 0 aliphatic carbocycles. The first-order chi connectivity index (χ1) is 9.52. The van der Waals surface area contributed by atoms with Crippen LogP contribution in [0.2, 0.25) is 0 Å². The molecule has 0 saturated heterocycles. The summed E-state index contributed by atoms with van der Waals surface area (Å²) >= 11 is 1.47. The molecule has 1 heterocycles. The molecule has 1 aromatic heterocycles. The zero-order chi connectivity index (χ0) is 14.4. The second kappa shape index (κ2) is 4.63. The summed E-state index contributed by atoms with van der Waals surface area (Å²) in [4.78, 5) is 4.79. The lowest BCUT2D eigenvalue weighted by atomic mass is 10.1. The number of hydrogen-bond acceptors (Lipinski definition) is 2. The van der Waals surface area contributed by atoms with E-state index in [9.17, 15) is 17.6 Å². The van der Waals surface area contributed by atoms with Crippen LogP contribution in [0.3, 0.4) is 0 Å². The van der Waals surface area contributed by atoms with Crippen LogP contribution in [0.5, 0.6) is 0 Å². The maximum atomic E-state index is 13.7. The molecular formula is C14H7F4NS. The Morgan fingerprint density at radius 2 is 1.60 bits per heavy atom. The van der Waals surface area contributed by atoms with Gasteiger partial charge in [-0.05, 0) is 30.5 Å². The molecule has 3 rings (SSSR count). The Labute approximate surface area is 115 Å². The maximum absolute atomic E-state index is 13.7. The zero-order valence-electron chi connectivity index (χ0n) is 10.2. The molecule has 0 aliphatic rings. The highest BCUT2D eigenvalue weighted by Crippen LogP contribution is 2.29. The molecule has 2 aromatic carbocycles. The van der Waals surface area contributed by atoms with E-state index in [0.29, 0.717) is 10.9 Å². The molecule has 0 saturated carbocycles. The lowest BCUT2D eigenvalue weighted by Crippen LogP contribution is -2.00. The summed E-state index contributed by atoms with van der Waals surface area (Å²) in [5.41, 5.74) is -0.120. The van der Waals surface area contributed by atoms with Gasteiger partial charge in [0, 0.05) is 15.7 Å². The van der Waals surface area contributed by atoms with E-state index in [1.807, 2.05) is 6.26 Å². The fourth-order valence-corrected chi connectivity index (χ4v) is 2.48. The fourth-order valence-electron chi connectivity index (χ4n) is 2.03. The van der Waals surface area contributed by atoms with E-state index < -0.39 is 28.8 Å². The SMILES string of the molecule is CSc1ccc2nc3c(F)c(F)c(F)c(F)c3cc2c1. The van der Waals surface area contributed by atoms with Gasteiger partial charge in [-0.2, -0.15) is 0 Å². The molecule has 6 heteroatoms. The van der Waals surface area contributed by atoms with Gasteiger partial charge < -0.3 is 0 Å². The molecule has 0 fully saturated rings. The summed E-state index contributed by atoms with van der Waals surface area (Å²) < 4.78 is 53.8. The Morgan fingerprint density at radius 1 is 0.900 bits per heavy atom. The molecule has 3 aromatic rings. The first-order valence-corrected chi connectivity index (χ1v) is 6.86. The Morgan fingerprint density at radius 3 is 2.30 bits per heavy atom. The van der Waals surface area contributed by atoms with E-state index >= 15 is 0 Å². The van der Waals surface area contributed by atoms with Crippen molar-refractivity contribution in [1.29, 1.82) is 0 Å². The topological polar surface area (TPSA) is 12.9 Å². The largest absolute Gasteiger partial charge is 0.244 e. The minimum atomic E-state index is -1.84. The van der Waals surface area contributed by atoms with Crippen molar-refractivity contribution < 1.29 is 17.6 Å². The normalized spacial score (nSPS) is 11.4. The van der Waals surface area contributed by atoms with Gasteiger partial charge in [-0.1, -0.05) is 0 Å². The molecule has 0 radical (unpaired) electrons. The monoisotopic (exact) mass is 297 g/mol. The minimum Gasteiger partial charge on any atom is -0.244 e. The molecule has 0 atom stereocenters. The van der Waals surface area contributed by atoms with Gasteiger partial charge in [-0.15, -0.1) is 11.8 Å². The van der Waals surface area contributed by atoms with Gasteiger partial charge in [0.1, 0.15) is 5.52 Å². The van der Waals surface area contributed by atoms with Gasteiger partial charge in [-0.3, -0.25) is 0 Å². The van der Waals surface area contributed by atoms with Crippen LogP contribution in [-0.2, 0) is 0 Å². The number of hydrogen-bond donors (Lipinski definition) is 0. The zero-order valence-corrected chi connectivity index (χ0v) is 11.0. The van der Waals surface area contributed by atoms with Gasteiger partial charge >= 0.3 is 0 Å². The van der Waals surface area contributed by atoms with Gasteiger partial charge in [0.2, 0.25) is 0 Å². The van der Waals surface area contributed by atoms with E-state index in [2.05, 4.69) is 4.98 Å². The number of nitrogens with zero attached hydrogens (tertiary/aromatic N) is 1. The third kappa shape index (κ3) is 1.83. The third-order valence-electron chi connectivity index (χ3n) is 3.04. The second-order valence-electron chi connectivity index (χ2n) is 4.20. The van der Waals surface area contributed by atoms with Gasteiger partial charge in [0.15, 0.2) is 23.3 Å². The van der Waals surface area contributed by atoms with Crippen molar-refractivity contribution in [1.82, 2.24) is 4.98 Å². The standard InChI is InChI=1S/C14H7F4NS/c1-20-7-2-3-9-6(4-7)5-8-10(15)11(16)12(17)13(18)14(8)19-9/h2-5H,1H3. The van der Waals surface area contributed by atoms with Crippen LogP contribution >= 0.6 is 11.8 Å². The lowest BCUT2D eigenvalue weighted by molar-refractivity contribution is 0.417. The van der Waals surface area contributed by atoms with E-state index in [0.717, 1.165) is 4.90 Å². The number of aromatic nitrogens is 1. The van der Waals surface area contributed by atoms with Crippen LogP contribution in [0.4, 0.5) is 17.6 Å². The Balaban J connectivity index is 2.47. The number of halogens is 4. The van der Waals surface area contributed by atoms with Gasteiger partial charge in [0.05, 0.1) is 5.52 Å². The summed E-state index contributed by atoms with van der Waals surface area (Å²) in [7, 11) is 0. The van der Waals surface area contributed by atoms with Gasteiger partial charge in [-0.25, -0.2) is 22.5 Å². The van der Waals surface area contributed by atoms with Crippen LogP contribution < -0.4 is 0 Å². The molecule has 0 N–H and O–H groups in total. The Kier molecular flexibility index (Phi) is 3.05. The summed E-state index contributed by atoms with van der Waals surface area (Å²) in [6.07, 6.45) is 1.87. The van der Waals surface area contributed by atoms with E-state index in [1.54, 1.807) is 18.2 Å². The van der Waals surface area contributed by atoms with Crippen LogP contribution in [0, 0.1) is 23.3 Å². The Hall–Kier alpha value is -1.82. The van der Waals surface area contributed by atoms with Crippen molar-refractivity contribution in [3.05, 3.63) is 47.5 Å². The number of benzene rings is 2. The molecule has 1 nitrogen and oxygen atoms in total. The van der Waals surface area contributed by atoms with Crippen molar-refractivity contribution >= 4 is 33.6 Å². The smallest absolute Gasteiger partial charge is 0.199 e. The summed E-state index contributed by atoms with van der Waals surface area (Å²) in [6.45, 7) is 0. The first-order valence-electron chi connectivity index (χ1n) is 5.63. The van der Waals surface area contributed by atoms with Crippen molar-refractivity contribution in [3.8, 4) is 0 Å². The molecule has 0 unspecified atom stereocenters. The van der Waals surface area contributed by atoms with Crippen LogP contribution in [0.15, 0.2) is 29.2 Å². The van der Waals surface area contributed by atoms with Crippen molar-refractivity contribution in [3.63, 3.8) is 0 Å².